The topological polar surface area (TPSA) is 41.6 Å². The second kappa shape index (κ2) is 4.34. The van der Waals surface area contributed by atoms with E-state index < -0.39 is 0 Å². The van der Waals surface area contributed by atoms with Gasteiger partial charge in [-0.3, -0.25) is 4.79 Å². The molecule has 0 bridgehead atoms. The molecule has 1 N–H and O–H groups in total. The summed E-state index contributed by atoms with van der Waals surface area (Å²) < 4.78 is 4.95. The van der Waals surface area contributed by atoms with Gasteiger partial charge >= 0.3 is 0 Å². The number of carbonyl (C=O) groups excluding carboxylic acids is 1. The lowest BCUT2D eigenvalue weighted by molar-refractivity contribution is -0.121. The maximum atomic E-state index is 11.0. The summed E-state index contributed by atoms with van der Waals surface area (Å²) in [4.78, 5) is 11.0. The van der Waals surface area contributed by atoms with Gasteiger partial charge < -0.3 is 10.1 Å². The minimum atomic E-state index is 0.155. The van der Waals surface area contributed by atoms with Gasteiger partial charge in [0.25, 0.3) is 0 Å². The van der Waals surface area contributed by atoms with Crippen molar-refractivity contribution in [3.8, 4) is 0 Å². The van der Waals surface area contributed by atoms with Gasteiger partial charge in [-0.15, -0.1) is 0 Å². The minimum Gasteiger partial charge on any atom is -0.371 e. The average molecular weight is 157 g/mol. The molecule has 1 saturated heterocycles. The Morgan fingerprint density at radius 2 is 2.45 bits per heavy atom. The lowest BCUT2D eigenvalue weighted by atomic mass is 10.2. The Hall–Kier alpha value is -0.570. The zero-order valence-corrected chi connectivity index (χ0v) is 6.93. The van der Waals surface area contributed by atoms with Crippen LogP contribution >= 0.6 is 0 Å². The second-order valence-electron chi connectivity index (χ2n) is 2.86. The first-order valence-electron chi connectivity index (χ1n) is 4.21. The molecule has 3 heteroatoms. The van der Waals surface area contributed by atoms with Crippen LogP contribution < -0.4 is 5.32 Å². The van der Waals surface area contributed by atoms with Crippen molar-refractivity contribution in [1.29, 1.82) is 0 Å². The standard InChI is InChI=1S/C8H15NO2/c1-2-3-4-8(10)9-5-7-6-11-7/h7H,2-6H2,1H3,(H,9,10). The maximum Gasteiger partial charge on any atom is 0.220 e. The molecular weight excluding hydrogens is 142 g/mol. The fourth-order valence-electron chi connectivity index (χ4n) is 0.839. The van der Waals surface area contributed by atoms with Gasteiger partial charge in [0.05, 0.1) is 12.7 Å². The van der Waals surface area contributed by atoms with Crippen LogP contribution in [0.1, 0.15) is 26.2 Å². The third-order valence-electron chi connectivity index (χ3n) is 1.69. The Morgan fingerprint density at radius 1 is 1.73 bits per heavy atom. The van der Waals surface area contributed by atoms with Gasteiger partial charge in [-0.05, 0) is 6.42 Å². The molecule has 0 saturated carbocycles. The molecule has 0 radical (unpaired) electrons. The van der Waals surface area contributed by atoms with E-state index in [2.05, 4.69) is 12.2 Å². The largest absolute Gasteiger partial charge is 0.371 e. The van der Waals surface area contributed by atoms with Crippen LogP contribution in [0.4, 0.5) is 0 Å². The number of nitrogens with one attached hydrogen (secondary N) is 1. The Labute approximate surface area is 67.1 Å². The molecule has 11 heavy (non-hydrogen) atoms. The van der Waals surface area contributed by atoms with Crippen LogP contribution in [0.2, 0.25) is 0 Å². The van der Waals surface area contributed by atoms with Crippen LogP contribution in [0.3, 0.4) is 0 Å². The summed E-state index contributed by atoms with van der Waals surface area (Å²) in [5, 5.41) is 2.82. The number of amides is 1. The van der Waals surface area contributed by atoms with Crippen molar-refractivity contribution in [1.82, 2.24) is 5.32 Å². The molecule has 0 aromatic rings. The zero-order valence-electron chi connectivity index (χ0n) is 6.93. The number of epoxide rings is 1. The van der Waals surface area contributed by atoms with Crippen molar-refractivity contribution in [2.24, 2.45) is 0 Å². The predicted molar refractivity (Wildman–Crippen MR) is 42.3 cm³/mol. The first-order chi connectivity index (χ1) is 5.33. The Morgan fingerprint density at radius 3 is 3.00 bits per heavy atom. The van der Waals surface area contributed by atoms with E-state index in [0.29, 0.717) is 19.1 Å². The third-order valence-corrected chi connectivity index (χ3v) is 1.69. The van der Waals surface area contributed by atoms with Gasteiger partial charge in [-0.2, -0.15) is 0 Å². The van der Waals surface area contributed by atoms with Crippen molar-refractivity contribution in [2.75, 3.05) is 13.2 Å². The van der Waals surface area contributed by atoms with Gasteiger partial charge in [0.1, 0.15) is 0 Å². The highest BCUT2D eigenvalue weighted by Gasteiger charge is 2.22. The maximum absolute atomic E-state index is 11.0. The lowest BCUT2D eigenvalue weighted by Crippen LogP contribution is -2.26. The molecule has 1 fully saturated rings. The Kier molecular flexibility index (Phi) is 3.36. The highest BCUT2D eigenvalue weighted by Crippen LogP contribution is 2.06. The Balaban J connectivity index is 1.91. The molecule has 0 aromatic carbocycles. The molecule has 1 rings (SSSR count). The average Bonchev–Trinajstić information content (AvgIpc) is 2.80. The summed E-state index contributed by atoms with van der Waals surface area (Å²) in [6.45, 7) is 3.59. The smallest absolute Gasteiger partial charge is 0.220 e. The SMILES string of the molecule is CCCCC(=O)NCC1CO1. The number of hydrogen-bond acceptors (Lipinski definition) is 2. The summed E-state index contributed by atoms with van der Waals surface area (Å²) in [6, 6.07) is 0. The van der Waals surface area contributed by atoms with E-state index in [0.717, 1.165) is 19.4 Å². The van der Waals surface area contributed by atoms with Crippen molar-refractivity contribution >= 4 is 5.91 Å². The van der Waals surface area contributed by atoms with Crippen LogP contribution in [-0.2, 0) is 9.53 Å². The monoisotopic (exact) mass is 157 g/mol. The van der Waals surface area contributed by atoms with E-state index in [4.69, 9.17) is 4.74 Å². The zero-order chi connectivity index (χ0) is 8.10. The third kappa shape index (κ3) is 3.98. The molecular formula is C8H15NO2. The van der Waals surface area contributed by atoms with E-state index in [9.17, 15) is 4.79 Å². The van der Waals surface area contributed by atoms with Crippen LogP contribution in [0.25, 0.3) is 0 Å². The molecule has 3 nitrogen and oxygen atoms in total. The van der Waals surface area contributed by atoms with Gasteiger partial charge in [0.2, 0.25) is 5.91 Å². The quantitative estimate of drug-likeness (QED) is 0.596. The first kappa shape index (κ1) is 8.53. The number of ether oxygens (including phenoxy) is 1. The molecule has 1 aliphatic rings. The molecule has 64 valence electrons. The van der Waals surface area contributed by atoms with E-state index >= 15 is 0 Å². The summed E-state index contributed by atoms with van der Waals surface area (Å²) in [5.74, 6) is 0.155. The van der Waals surface area contributed by atoms with Crippen LogP contribution in [-0.4, -0.2) is 25.2 Å². The number of rotatable bonds is 5. The summed E-state index contributed by atoms with van der Waals surface area (Å²) >= 11 is 0. The van der Waals surface area contributed by atoms with Crippen molar-refractivity contribution in [2.45, 2.75) is 32.3 Å². The molecule has 1 amide bonds. The fourth-order valence-corrected chi connectivity index (χ4v) is 0.839. The molecule has 1 heterocycles. The minimum absolute atomic E-state index is 0.155. The molecule has 0 aromatic heterocycles. The molecule has 1 atom stereocenters. The molecule has 0 aliphatic carbocycles. The summed E-state index contributed by atoms with van der Waals surface area (Å²) in [7, 11) is 0. The summed E-state index contributed by atoms with van der Waals surface area (Å²) in [6.07, 6.45) is 3.02. The van der Waals surface area contributed by atoms with E-state index in [-0.39, 0.29) is 5.91 Å². The number of hydrogen-bond donors (Lipinski definition) is 1. The summed E-state index contributed by atoms with van der Waals surface area (Å²) in [5.41, 5.74) is 0. The van der Waals surface area contributed by atoms with Crippen LogP contribution in [0.15, 0.2) is 0 Å². The highest BCUT2D eigenvalue weighted by molar-refractivity contribution is 5.75. The van der Waals surface area contributed by atoms with Crippen molar-refractivity contribution in [3.63, 3.8) is 0 Å². The lowest BCUT2D eigenvalue weighted by Gasteiger charge is -2.00. The van der Waals surface area contributed by atoms with Crippen LogP contribution in [0, 0.1) is 0 Å². The van der Waals surface area contributed by atoms with Gasteiger partial charge in [-0.1, -0.05) is 13.3 Å². The van der Waals surface area contributed by atoms with Crippen LogP contribution in [0.5, 0.6) is 0 Å². The highest BCUT2D eigenvalue weighted by atomic mass is 16.6. The van der Waals surface area contributed by atoms with E-state index in [1.54, 1.807) is 0 Å². The van der Waals surface area contributed by atoms with Gasteiger partial charge in [0, 0.05) is 13.0 Å². The normalized spacial score (nSPS) is 21.4. The predicted octanol–water partition coefficient (Wildman–Crippen LogP) is 0.692. The number of unbranched alkanes of at least 4 members (excludes halogenated alkanes) is 1. The number of carbonyl (C=O) groups is 1. The molecule has 0 spiro atoms. The molecule has 1 unspecified atom stereocenters. The molecule has 1 aliphatic heterocycles. The van der Waals surface area contributed by atoms with Crippen molar-refractivity contribution < 1.29 is 9.53 Å². The fraction of sp³-hybridized carbons (Fsp3) is 0.875. The van der Waals surface area contributed by atoms with Crippen molar-refractivity contribution in [3.05, 3.63) is 0 Å². The van der Waals surface area contributed by atoms with Gasteiger partial charge in [-0.25, -0.2) is 0 Å². The second-order valence-corrected chi connectivity index (χ2v) is 2.86. The van der Waals surface area contributed by atoms with Gasteiger partial charge in [0.15, 0.2) is 0 Å². The van der Waals surface area contributed by atoms with E-state index in [1.807, 2.05) is 0 Å². The first-order valence-corrected chi connectivity index (χ1v) is 4.21. The van der Waals surface area contributed by atoms with E-state index in [1.165, 1.54) is 0 Å². The Bertz CT molecular complexity index is 132.